The van der Waals surface area contributed by atoms with Crippen LogP contribution in [0.5, 0.6) is 0 Å². The molecule has 10 heteroatoms. The molecule has 3 rings (SSSR count). The van der Waals surface area contributed by atoms with Crippen LogP contribution in [-0.4, -0.2) is 53.9 Å². The normalized spacial score (nSPS) is 14.2. The van der Waals surface area contributed by atoms with Crippen molar-refractivity contribution in [3.63, 3.8) is 0 Å². The molecule has 1 aliphatic heterocycles. The highest BCUT2D eigenvalue weighted by Gasteiger charge is 2.26. The van der Waals surface area contributed by atoms with Crippen LogP contribution in [-0.2, 0) is 26.5 Å². The van der Waals surface area contributed by atoms with Crippen molar-refractivity contribution in [2.75, 3.05) is 36.5 Å². The zero-order chi connectivity index (χ0) is 20.7. The maximum Gasteiger partial charge on any atom is 0.255 e. The summed E-state index contributed by atoms with van der Waals surface area (Å²) < 4.78 is 50.4. The summed E-state index contributed by atoms with van der Waals surface area (Å²) in [5.41, 5.74) is 2.22. The first kappa shape index (κ1) is 20.3. The quantitative estimate of drug-likeness (QED) is 0.785. The third-order valence-corrected chi connectivity index (χ3v) is 7.50. The molecule has 1 amide bonds. The number of nitrogens with one attached hydrogen (secondary N) is 1. The Morgan fingerprint density at radius 2 is 1.68 bits per heavy atom. The van der Waals surface area contributed by atoms with Gasteiger partial charge in [0, 0.05) is 31.9 Å². The van der Waals surface area contributed by atoms with Crippen LogP contribution in [0.15, 0.2) is 47.4 Å². The van der Waals surface area contributed by atoms with Crippen molar-refractivity contribution in [2.45, 2.75) is 11.3 Å². The van der Waals surface area contributed by atoms with Crippen molar-refractivity contribution < 1.29 is 21.6 Å². The summed E-state index contributed by atoms with van der Waals surface area (Å²) in [5.74, 6) is -0.419. The number of anilines is 2. The van der Waals surface area contributed by atoms with Crippen molar-refractivity contribution in [2.24, 2.45) is 0 Å². The number of amides is 1. The van der Waals surface area contributed by atoms with E-state index in [4.69, 9.17) is 0 Å². The van der Waals surface area contributed by atoms with Gasteiger partial charge in [0.15, 0.2) is 0 Å². The molecular formula is C18H21N3O5S2. The van der Waals surface area contributed by atoms with E-state index in [1.54, 1.807) is 18.2 Å². The van der Waals surface area contributed by atoms with Gasteiger partial charge in [-0.05, 0) is 48.4 Å². The molecule has 0 atom stereocenters. The molecule has 1 aliphatic rings. The van der Waals surface area contributed by atoms with E-state index in [1.807, 2.05) is 0 Å². The van der Waals surface area contributed by atoms with Crippen molar-refractivity contribution >= 4 is 37.3 Å². The molecule has 28 heavy (non-hydrogen) atoms. The molecule has 0 fully saturated rings. The molecule has 0 bridgehead atoms. The number of hydrogen-bond donors (Lipinski definition) is 1. The lowest BCUT2D eigenvalue weighted by Gasteiger charge is -2.17. The number of nitrogens with zero attached hydrogens (tertiary/aromatic N) is 2. The summed E-state index contributed by atoms with van der Waals surface area (Å²) in [5, 5.41) is 2.72. The van der Waals surface area contributed by atoms with Crippen LogP contribution in [0, 0.1) is 0 Å². The van der Waals surface area contributed by atoms with E-state index in [-0.39, 0.29) is 10.5 Å². The third-order valence-electron chi connectivity index (χ3n) is 4.49. The lowest BCUT2D eigenvalue weighted by molar-refractivity contribution is 0.102. The standard InChI is InChI=1S/C18H21N3O5S2/c1-20(2)28(25,26)16-8-5-14(6-9-16)18(22)19-15-7-4-13-10-11-21(17(13)12-15)27(3,23)24/h4-9,12H,10-11H2,1-3H3,(H,19,22). The van der Waals surface area contributed by atoms with Gasteiger partial charge in [0.05, 0.1) is 16.8 Å². The molecule has 1 N–H and O–H groups in total. The van der Waals surface area contributed by atoms with Gasteiger partial charge in [-0.1, -0.05) is 6.07 Å². The molecular weight excluding hydrogens is 402 g/mol. The highest BCUT2D eigenvalue weighted by atomic mass is 32.2. The average molecular weight is 424 g/mol. The van der Waals surface area contributed by atoms with Crippen molar-refractivity contribution in [3.8, 4) is 0 Å². The monoisotopic (exact) mass is 423 g/mol. The molecule has 0 aliphatic carbocycles. The van der Waals surface area contributed by atoms with Crippen molar-refractivity contribution in [3.05, 3.63) is 53.6 Å². The van der Waals surface area contributed by atoms with Gasteiger partial charge in [0.25, 0.3) is 5.91 Å². The Morgan fingerprint density at radius 1 is 1.04 bits per heavy atom. The summed E-state index contributed by atoms with van der Waals surface area (Å²) in [6.07, 6.45) is 1.77. The lowest BCUT2D eigenvalue weighted by atomic mass is 10.1. The van der Waals surface area contributed by atoms with Crippen molar-refractivity contribution in [1.82, 2.24) is 4.31 Å². The minimum Gasteiger partial charge on any atom is -0.322 e. The van der Waals surface area contributed by atoms with Gasteiger partial charge in [-0.15, -0.1) is 0 Å². The molecule has 2 aromatic carbocycles. The molecule has 0 spiro atoms. The van der Waals surface area contributed by atoms with Crippen LogP contribution in [0.4, 0.5) is 11.4 Å². The fourth-order valence-corrected chi connectivity index (χ4v) is 4.82. The van der Waals surface area contributed by atoms with E-state index in [0.29, 0.717) is 24.3 Å². The fraction of sp³-hybridized carbons (Fsp3) is 0.278. The molecule has 2 aromatic rings. The summed E-state index contributed by atoms with van der Waals surface area (Å²) >= 11 is 0. The molecule has 0 saturated carbocycles. The van der Waals surface area contributed by atoms with E-state index in [1.165, 1.54) is 42.7 Å². The summed E-state index contributed by atoms with van der Waals surface area (Å²) in [6, 6.07) is 10.8. The van der Waals surface area contributed by atoms with E-state index in [9.17, 15) is 21.6 Å². The Bertz CT molecular complexity index is 1120. The Kier molecular flexibility index (Phi) is 5.22. The number of rotatable bonds is 5. The number of fused-ring (bicyclic) bond motifs is 1. The maximum atomic E-state index is 12.5. The van der Waals surface area contributed by atoms with Gasteiger partial charge in [-0.2, -0.15) is 0 Å². The number of hydrogen-bond acceptors (Lipinski definition) is 5. The first-order valence-corrected chi connectivity index (χ1v) is 11.7. The zero-order valence-electron chi connectivity index (χ0n) is 15.7. The van der Waals surface area contributed by atoms with Gasteiger partial charge in [-0.25, -0.2) is 21.1 Å². The van der Waals surface area contributed by atoms with E-state index in [2.05, 4.69) is 5.32 Å². The molecule has 0 saturated heterocycles. The summed E-state index contributed by atoms with van der Waals surface area (Å²) in [6.45, 7) is 0.382. The average Bonchev–Trinajstić information content (AvgIpc) is 3.05. The minimum absolute atomic E-state index is 0.0929. The van der Waals surface area contributed by atoms with Gasteiger partial charge in [0.1, 0.15) is 0 Å². The topological polar surface area (TPSA) is 104 Å². The number of carbonyl (C=O) groups excluding carboxylic acids is 1. The smallest absolute Gasteiger partial charge is 0.255 e. The summed E-state index contributed by atoms with van der Waals surface area (Å²) in [4.78, 5) is 12.6. The second kappa shape index (κ2) is 7.19. The Balaban J connectivity index is 1.81. The highest BCUT2D eigenvalue weighted by molar-refractivity contribution is 7.92. The minimum atomic E-state index is -3.57. The highest BCUT2D eigenvalue weighted by Crippen LogP contribution is 2.32. The molecule has 1 heterocycles. The Hall–Kier alpha value is -2.43. The number of carbonyl (C=O) groups is 1. The second-order valence-electron chi connectivity index (χ2n) is 6.69. The van der Waals surface area contributed by atoms with E-state index in [0.717, 1.165) is 16.1 Å². The van der Waals surface area contributed by atoms with Crippen LogP contribution in [0.25, 0.3) is 0 Å². The Labute approximate surface area is 164 Å². The van der Waals surface area contributed by atoms with Gasteiger partial charge in [-0.3, -0.25) is 9.10 Å². The van der Waals surface area contributed by atoms with Crippen LogP contribution in [0.2, 0.25) is 0 Å². The maximum absolute atomic E-state index is 12.5. The fourth-order valence-electron chi connectivity index (χ4n) is 2.96. The Morgan fingerprint density at radius 3 is 2.25 bits per heavy atom. The number of benzene rings is 2. The zero-order valence-corrected chi connectivity index (χ0v) is 17.3. The van der Waals surface area contributed by atoms with E-state index >= 15 is 0 Å². The first-order chi connectivity index (χ1) is 13.0. The third kappa shape index (κ3) is 3.89. The van der Waals surface area contributed by atoms with Crippen LogP contribution < -0.4 is 9.62 Å². The second-order valence-corrected chi connectivity index (χ2v) is 10.8. The predicted octanol–water partition coefficient (Wildman–Crippen LogP) is 1.51. The molecule has 0 radical (unpaired) electrons. The van der Waals surface area contributed by atoms with Crippen molar-refractivity contribution in [1.29, 1.82) is 0 Å². The molecule has 8 nitrogen and oxygen atoms in total. The van der Waals surface area contributed by atoms with Crippen LogP contribution in [0.1, 0.15) is 15.9 Å². The van der Waals surface area contributed by atoms with Gasteiger partial charge < -0.3 is 5.32 Å². The summed E-state index contributed by atoms with van der Waals surface area (Å²) in [7, 11) is -4.08. The SMILES string of the molecule is CN(C)S(=O)(=O)c1ccc(C(=O)Nc2ccc3c(c2)N(S(C)(=O)=O)CC3)cc1. The largest absolute Gasteiger partial charge is 0.322 e. The number of sulfonamides is 2. The van der Waals surface area contributed by atoms with E-state index < -0.39 is 26.0 Å². The first-order valence-electron chi connectivity index (χ1n) is 8.45. The van der Waals surface area contributed by atoms with Crippen LogP contribution >= 0.6 is 0 Å². The van der Waals surface area contributed by atoms with Gasteiger partial charge in [0.2, 0.25) is 20.0 Å². The molecule has 0 unspecified atom stereocenters. The van der Waals surface area contributed by atoms with Crippen LogP contribution in [0.3, 0.4) is 0 Å². The molecule has 150 valence electrons. The lowest BCUT2D eigenvalue weighted by Crippen LogP contribution is -2.27. The predicted molar refractivity (Wildman–Crippen MR) is 108 cm³/mol. The van der Waals surface area contributed by atoms with Gasteiger partial charge >= 0.3 is 0 Å². The molecule has 0 aromatic heterocycles.